The van der Waals surface area contributed by atoms with E-state index in [0.29, 0.717) is 22.7 Å². The number of anilines is 2. The van der Waals surface area contributed by atoms with Crippen molar-refractivity contribution in [3.63, 3.8) is 0 Å². The second kappa shape index (κ2) is 9.11. The van der Waals surface area contributed by atoms with Gasteiger partial charge in [-0.2, -0.15) is 0 Å². The maximum absolute atomic E-state index is 13.0. The quantitative estimate of drug-likeness (QED) is 0.502. The molecule has 0 spiro atoms. The highest BCUT2D eigenvalue weighted by Gasteiger charge is 2.40. The summed E-state index contributed by atoms with van der Waals surface area (Å²) in [6.07, 6.45) is 0.503. The molecule has 1 unspecified atom stereocenters. The Morgan fingerprint density at radius 1 is 1.21 bits per heavy atom. The molecule has 2 aliphatic heterocycles. The number of urea groups is 1. The maximum atomic E-state index is 13.0. The van der Waals surface area contributed by atoms with E-state index in [4.69, 9.17) is 11.6 Å². The Hall–Kier alpha value is -3.59. The van der Waals surface area contributed by atoms with E-state index in [9.17, 15) is 19.2 Å². The van der Waals surface area contributed by atoms with Gasteiger partial charge in [0, 0.05) is 54.1 Å². The van der Waals surface area contributed by atoms with Gasteiger partial charge in [-0.1, -0.05) is 23.7 Å². The minimum atomic E-state index is -0.680. The number of benzene rings is 2. The van der Waals surface area contributed by atoms with Crippen LogP contribution in [0.1, 0.15) is 39.9 Å². The molecule has 2 heterocycles. The van der Waals surface area contributed by atoms with Crippen LogP contribution in [0.4, 0.5) is 16.2 Å². The number of fused-ring (bicyclic) bond motifs is 1. The van der Waals surface area contributed by atoms with Gasteiger partial charge < -0.3 is 20.9 Å². The number of piperidine rings is 1. The van der Waals surface area contributed by atoms with E-state index in [-0.39, 0.29) is 31.3 Å². The number of carbonyl (C=O) groups excluding carboxylic acids is 4. The number of nitrogens with zero attached hydrogens (tertiary/aromatic N) is 1. The molecule has 10 heteroatoms. The molecule has 0 aliphatic carbocycles. The second-order valence-corrected chi connectivity index (χ2v) is 8.45. The fourth-order valence-electron chi connectivity index (χ4n) is 4.17. The SMILES string of the molecule is CNc1c(CNC(=O)Nc2ccc(C)c(Cl)c2)ccc2c1CN(C1CCC(=O)NC1=O)C2=O. The topological polar surface area (TPSA) is 120 Å². The summed E-state index contributed by atoms with van der Waals surface area (Å²) < 4.78 is 0. The van der Waals surface area contributed by atoms with Crippen molar-refractivity contribution < 1.29 is 19.2 Å². The van der Waals surface area contributed by atoms with Gasteiger partial charge in [0.15, 0.2) is 0 Å². The van der Waals surface area contributed by atoms with Crippen molar-refractivity contribution in [3.05, 3.63) is 57.6 Å². The number of hydrogen-bond acceptors (Lipinski definition) is 5. The summed E-state index contributed by atoms with van der Waals surface area (Å²) >= 11 is 6.11. The maximum Gasteiger partial charge on any atom is 0.319 e. The van der Waals surface area contributed by atoms with Gasteiger partial charge in [0.25, 0.3) is 5.91 Å². The molecular weight excluding hydrogens is 446 g/mol. The molecule has 5 amide bonds. The summed E-state index contributed by atoms with van der Waals surface area (Å²) in [6.45, 7) is 2.35. The molecule has 4 N–H and O–H groups in total. The van der Waals surface area contributed by atoms with E-state index in [1.165, 1.54) is 4.90 Å². The third-order valence-electron chi connectivity index (χ3n) is 5.92. The van der Waals surface area contributed by atoms with Gasteiger partial charge in [0.2, 0.25) is 11.8 Å². The van der Waals surface area contributed by atoms with Crippen LogP contribution in [0, 0.1) is 6.92 Å². The average Bonchev–Trinajstić information content (AvgIpc) is 3.10. The Kier molecular flexibility index (Phi) is 6.24. The smallest absolute Gasteiger partial charge is 0.319 e. The van der Waals surface area contributed by atoms with Crippen LogP contribution in [-0.2, 0) is 22.7 Å². The first-order valence-corrected chi connectivity index (χ1v) is 10.9. The van der Waals surface area contributed by atoms with E-state index >= 15 is 0 Å². The molecule has 1 saturated heterocycles. The van der Waals surface area contributed by atoms with Crippen molar-refractivity contribution in [2.24, 2.45) is 0 Å². The second-order valence-electron chi connectivity index (χ2n) is 8.05. The molecule has 1 atom stereocenters. The summed E-state index contributed by atoms with van der Waals surface area (Å²) in [6, 6.07) is 7.69. The van der Waals surface area contributed by atoms with Gasteiger partial charge in [-0.15, -0.1) is 0 Å². The van der Waals surface area contributed by atoms with E-state index < -0.39 is 18.0 Å². The Bertz CT molecular complexity index is 1170. The molecule has 0 aromatic heterocycles. The third kappa shape index (κ3) is 4.49. The van der Waals surface area contributed by atoms with Crippen molar-refractivity contribution in [3.8, 4) is 0 Å². The summed E-state index contributed by atoms with van der Waals surface area (Å²) in [5.74, 6) is -1.02. The third-order valence-corrected chi connectivity index (χ3v) is 6.33. The normalized spacial score (nSPS) is 17.5. The molecule has 0 saturated carbocycles. The minimum Gasteiger partial charge on any atom is -0.388 e. The molecule has 1 fully saturated rings. The lowest BCUT2D eigenvalue weighted by Crippen LogP contribution is -2.52. The highest BCUT2D eigenvalue weighted by Crippen LogP contribution is 2.34. The van der Waals surface area contributed by atoms with Crippen molar-refractivity contribution in [1.29, 1.82) is 0 Å². The number of carbonyl (C=O) groups is 4. The molecule has 172 valence electrons. The minimum absolute atomic E-state index is 0.200. The first-order chi connectivity index (χ1) is 15.8. The van der Waals surface area contributed by atoms with Crippen molar-refractivity contribution in [2.45, 2.75) is 38.9 Å². The average molecular weight is 470 g/mol. The Labute approximate surface area is 195 Å². The number of halogens is 1. The molecule has 2 aliphatic rings. The molecule has 2 aromatic carbocycles. The van der Waals surface area contributed by atoms with Gasteiger partial charge in [-0.25, -0.2) is 4.79 Å². The van der Waals surface area contributed by atoms with Gasteiger partial charge in [0.1, 0.15) is 6.04 Å². The van der Waals surface area contributed by atoms with Gasteiger partial charge in [-0.05, 0) is 42.7 Å². The standard InChI is InChI=1S/C23H24ClN5O4/c1-12-3-5-14(9-17(12)24)27-23(33)26-10-13-4-6-15-16(20(13)25-2)11-29(22(15)32)18-7-8-19(30)28-21(18)31/h3-6,9,18,25H,7-8,10-11H2,1-2H3,(H2,26,27,33)(H,28,30,31). The predicted octanol–water partition coefficient (Wildman–Crippen LogP) is 2.77. The molecule has 0 radical (unpaired) electrons. The highest BCUT2D eigenvalue weighted by molar-refractivity contribution is 6.31. The summed E-state index contributed by atoms with van der Waals surface area (Å²) in [5.41, 5.74) is 4.29. The van der Waals surface area contributed by atoms with E-state index in [2.05, 4.69) is 21.3 Å². The van der Waals surface area contributed by atoms with E-state index in [1.807, 2.05) is 13.0 Å². The van der Waals surface area contributed by atoms with Crippen LogP contribution in [0.2, 0.25) is 5.02 Å². The Balaban J connectivity index is 1.47. The van der Waals surface area contributed by atoms with E-state index in [1.54, 1.807) is 31.3 Å². The van der Waals surface area contributed by atoms with Crippen molar-refractivity contribution in [1.82, 2.24) is 15.5 Å². The molecule has 33 heavy (non-hydrogen) atoms. The number of hydrogen-bond donors (Lipinski definition) is 4. The van der Waals surface area contributed by atoms with Crippen LogP contribution in [-0.4, -0.2) is 41.7 Å². The number of nitrogens with one attached hydrogen (secondary N) is 4. The molecular formula is C23H24ClN5O4. The van der Waals surface area contributed by atoms with Crippen LogP contribution < -0.4 is 21.3 Å². The fraction of sp³-hybridized carbons (Fsp3) is 0.304. The number of rotatable bonds is 5. The molecule has 2 aromatic rings. The van der Waals surface area contributed by atoms with Crippen LogP contribution in [0.15, 0.2) is 30.3 Å². The zero-order valence-electron chi connectivity index (χ0n) is 18.3. The number of aryl methyl sites for hydroxylation is 1. The Morgan fingerprint density at radius 3 is 2.70 bits per heavy atom. The fourth-order valence-corrected chi connectivity index (χ4v) is 4.35. The zero-order chi connectivity index (χ0) is 23.7. The number of imide groups is 1. The predicted molar refractivity (Wildman–Crippen MR) is 124 cm³/mol. The van der Waals surface area contributed by atoms with Gasteiger partial charge in [-0.3, -0.25) is 19.7 Å². The van der Waals surface area contributed by atoms with Crippen LogP contribution in [0.5, 0.6) is 0 Å². The lowest BCUT2D eigenvalue weighted by molar-refractivity contribution is -0.136. The summed E-state index contributed by atoms with van der Waals surface area (Å²) in [5, 5.41) is 11.5. The first kappa shape index (κ1) is 22.6. The molecule has 9 nitrogen and oxygen atoms in total. The lowest BCUT2D eigenvalue weighted by atomic mass is 10.0. The van der Waals surface area contributed by atoms with Crippen LogP contribution >= 0.6 is 11.6 Å². The van der Waals surface area contributed by atoms with Gasteiger partial charge in [0.05, 0.1) is 0 Å². The monoisotopic (exact) mass is 469 g/mol. The molecule has 0 bridgehead atoms. The van der Waals surface area contributed by atoms with Crippen molar-refractivity contribution in [2.75, 3.05) is 17.7 Å². The number of amides is 5. The van der Waals surface area contributed by atoms with E-state index in [0.717, 1.165) is 22.4 Å². The van der Waals surface area contributed by atoms with Crippen LogP contribution in [0.25, 0.3) is 0 Å². The van der Waals surface area contributed by atoms with Crippen molar-refractivity contribution >= 4 is 46.7 Å². The van der Waals surface area contributed by atoms with Crippen LogP contribution in [0.3, 0.4) is 0 Å². The first-order valence-electron chi connectivity index (χ1n) is 10.6. The lowest BCUT2D eigenvalue weighted by Gasteiger charge is -2.29. The molecule has 4 rings (SSSR count). The summed E-state index contributed by atoms with van der Waals surface area (Å²) in [4.78, 5) is 50.6. The summed E-state index contributed by atoms with van der Waals surface area (Å²) in [7, 11) is 1.74. The largest absolute Gasteiger partial charge is 0.388 e. The highest BCUT2D eigenvalue weighted by atomic mass is 35.5. The van der Waals surface area contributed by atoms with Gasteiger partial charge >= 0.3 is 6.03 Å². The Morgan fingerprint density at radius 2 is 2.00 bits per heavy atom. The zero-order valence-corrected chi connectivity index (χ0v) is 19.0.